The minimum Gasteiger partial charge on any atom is -0.373 e. The molecule has 0 amide bonds. The molecule has 1 saturated heterocycles. The Labute approximate surface area is 212 Å². The number of fused-ring (bicyclic) bond motifs is 1. The van der Waals surface area contributed by atoms with E-state index in [-0.39, 0.29) is 0 Å². The van der Waals surface area contributed by atoms with Gasteiger partial charge < -0.3 is 9.88 Å². The first-order valence-electron chi connectivity index (χ1n) is 12.4. The topological polar surface area (TPSA) is 51.3 Å². The third-order valence-corrected chi connectivity index (χ3v) is 7.53. The highest BCUT2D eigenvalue weighted by atomic mass is 32.2. The van der Waals surface area contributed by atoms with Crippen LogP contribution in [0.25, 0.3) is 11.0 Å². The molecule has 0 aliphatic carbocycles. The normalized spacial score (nSPS) is 15.0. The number of anilines is 1. The molecule has 0 spiro atoms. The average Bonchev–Trinajstić information content (AvgIpc) is 3.30. The van der Waals surface area contributed by atoms with E-state index in [1.54, 1.807) is 11.8 Å². The van der Waals surface area contributed by atoms with Crippen LogP contribution in [-0.4, -0.2) is 71.1 Å². The van der Waals surface area contributed by atoms with Crippen LogP contribution in [0.15, 0.2) is 71.9 Å². The second-order valence-electron chi connectivity index (χ2n) is 9.33. The molecule has 35 heavy (non-hydrogen) atoms. The SMILES string of the molecule is Cc1cc(N(C)CCN2CCN(Cc3ccccc3)CC2)cc(CSc2nc3ccccc3[nH]2)n1. The van der Waals surface area contributed by atoms with Crippen LogP contribution in [0.4, 0.5) is 5.69 Å². The zero-order valence-electron chi connectivity index (χ0n) is 20.7. The number of hydrogen-bond donors (Lipinski definition) is 1. The molecule has 6 nitrogen and oxygen atoms in total. The van der Waals surface area contributed by atoms with E-state index in [1.165, 1.54) is 11.3 Å². The van der Waals surface area contributed by atoms with Crippen LogP contribution in [0.1, 0.15) is 17.0 Å². The Bertz CT molecular complexity index is 1200. The van der Waals surface area contributed by atoms with Crippen LogP contribution in [-0.2, 0) is 12.3 Å². The fourth-order valence-electron chi connectivity index (χ4n) is 4.58. The maximum Gasteiger partial charge on any atom is 0.166 e. The van der Waals surface area contributed by atoms with Gasteiger partial charge in [-0.05, 0) is 36.8 Å². The van der Waals surface area contributed by atoms with Crippen molar-refractivity contribution in [2.24, 2.45) is 0 Å². The molecule has 2 aromatic heterocycles. The number of benzene rings is 2. The minimum atomic E-state index is 0.797. The first-order chi connectivity index (χ1) is 17.1. The molecule has 0 saturated carbocycles. The van der Waals surface area contributed by atoms with Gasteiger partial charge in [0.15, 0.2) is 5.16 Å². The maximum absolute atomic E-state index is 4.77. The van der Waals surface area contributed by atoms with Crippen molar-refractivity contribution in [1.82, 2.24) is 24.8 Å². The molecule has 2 aromatic carbocycles. The smallest absolute Gasteiger partial charge is 0.166 e. The minimum absolute atomic E-state index is 0.797. The summed E-state index contributed by atoms with van der Waals surface area (Å²) in [5, 5.41) is 0.941. The summed E-state index contributed by atoms with van der Waals surface area (Å²) in [6, 6.07) is 23.4. The van der Waals surface area contributed by atoms with Crippen LogP contribution in [0.2, 0.25) is 0 Å². The van der Waals surface area contributed by atoms with Gasteiger partial charge in [-0.3, -0.25) is 14.8 Å². The second kappa shape index (κ2) is 11.2. The van der Waals surface area contributed by atoms with E-state index in [2.05, 4.69) is 87.2 Å². The van der Waals surface area contributed by atoms with Crippen molar-refractivity contribution in [1.29, 1.82) is 0 Å². The van der Waals surface area contributed by atoms with Crippen LogP contribution < -0.4 is 4.90 Å². The number of pyridine rings is 1. The number of nitrogens with zero attached hydrogens (tertiary/aromatic N) is 5. The second-order valence-corrected chi connectivity index (χ2v) is 10.3. The van der Waals surface area contributed by atoms with Crippen molar-refractivity contribution in [3.63, 3.8) is 0 Å². The summed E-state index contributed by atoms with van der Waals surface area (Å²) in [7, 11) is 2.19. The standard InChI is InChI=1S/C28H34N6S/c1-22-18-25(19-24(29-22)21-35-28-30-26-10-6-7-11-27(26)31-28)32(2)12-13-33-14-16-34(17-15-33)20-23-8-4-3-5-9-23/h3-11,18-19H,12-17,20-21H2,1-2H3,(H,30,31). The lowest BCUT2D eigenvalue weighted by molar-refractivity contribution is 0.129. The predicted molar refractivity (Wildman–Crippen MR) is 146 cm³/mol. The highest BCUT2D eigenvalue weighted by molar-refractivity contribution is 7.98. The Kier molecular flexibility index (Phi) is 7.66. The number of rotatable bonds is 9. The summed E-state index contributed by atoms with van der Waals surface area (Å²) in [5.41, 5.74) is 6.88. The third-order valence-electron chi connectivity index (χ3n) is 6.62. The summed E-state index contributed by atoms with van der Waals surface area (Å²) < 4.78 is 0. The van der Waals surface area contributed by atoms with E-state index in [9.17, 15) is 0 Å². The molecule has 1 aliphatic rings. The number of hydrogen-bond acceptors (Lipinski definition) is 6. The summed E-state index contributed by atoms with van der Waals surface area (Å²) in [5.74, 6) is 0.797. The number of piperazine rings is 1. The quantitative estimate of drug-likeness (QED) is 0.343. The van der Waals surface area contributed by atoms with Gasteiger partial charge in [0.2, 0.25) is 0 Å². The van der Waals surface area contributed by atoms with Gasteiger partial charge in [0.05, 0.1) is 16.7 Å². The van der Waals surface area contributed by atoms with Crippen molar-refractivity contribution in [3.05, 3.63) is 83.7 Å². The zero-order chi connectivity index (χ0) is 24.0. The zero-order valence-corrected chi connectivity index (χ0v) is 21.5. The van der Waals surface area contributed by atoms with Gasteiger partial charge in [-0.2, -0.15) is 0 Å². The summed E-state index contributed by atoms with van der Waals surface area (Å²) >= 11 is 1.70. The van der Waals surface area contributed by atoms with Crippen LogP contribution in [0.3, 0.4) is 0 Å². The first-order valence-corrected chi connectivity index (χ1v) is 13.4. The van der Waals surface area contributed by atoms with E-state index >= 15 is 0 Å². The number of H-pyrrole nitrogens is 1. The van der Waals surface area contributed by atoms with Gasteiger partial charge >= 0.3 is 0 Å². The van der Waals surface area contributed by atoms with Gasteiger partial charge in [0.25, 0.3) is 0 Å². The molecule has 3 heterocycles. The van der Waals surface area contributed by atoms with Crippen LogP contribution >= 0.6 is 11.8 Å². The van der Waals surface area contributed by atoms with Gasteiger partial charge in [-0.1, -0.05) is 54.2 Å². The van der Waals surface area contributed by atoms with Gasteiger partial charge in [0, 0.05) is 70.0 Å². The molecule has 1 fully saturated rings. The van der Waals surface area contributed by atoms with Crippen molar-refractivity contribution in [3.8, 4) is 0 Å². The molecule has 5 rings (SSSR count). The number of para-hydroxylation sites is 2. The Morgan fingerprint density at radius 1 is 0.914 bits per heavy atom. The highest BCUT2D eigenvalue weighted by Crippen LogP contribution is 2.24. The number of likely N-dealkylation sites (N-methyl/N-ethyl adjacent to an activating group) is 1. The van der Waals surface area contributed by atoms with E-state index in [0.717, 1.165) is 79.1 Å². The van der Waals surface area contributed by atoms with Crippen molar-refractivity contribution >= 4 is 28.5 Å². The molecule has 7 heteroatoms. The Hall–Kier alpha value is -2.87. The Morgan fingerprint density at radius 3 is 2.46 bits per heavy atom. The molecule has 0 unspecified atom stereocenters. The number of aromatic amines is 1. The number of aryl methyl sites for hydroxylation is 1. The summed E-state index contributed by atoms with van der Waals surface area (Å²) in [6.45, 7) is 9.77. The van der Waals surface area contributed by atoms with E-state index in [4.69, 9.17) is 4.98 Å². The molecular formula is C28H34N6S. The van der Waals surface area contributed by atoms with Crippen molar-refractivity contribution < 1.29 is 0 Å². The number of imidazole rings is 1. The van der Waals surface area contributed by atoms with Gasteiger partial charge in [-0.25, -0.2) is 4.98 Å². The van der Waals surface area contributed by atoms with Crippen LogP contribution in [0.5, 0.6) is 0 Å². The third kappa shape index (κ3) is 6.42. The lowest BCUT2D eigenvalue weighted by Gasteiger charge is -2.35. The fraction of sp³-hybridized carbons (Fsp3) is 0.357. The van der Waals surface area contributed by atoms with Crippen LogP contribution in [0, 0.1) is 6.92 Å². The largest absolute Gasteiger partial charge is 0.373 e. The van der Waals surface area contributed by atoms with E-state index in [0.29, 0.717) is 0 Å². The molecule has 4 aromatic rings. The highest BCUT2D eigenvalue weighted by Gasteiger charge is 2.17. The van der Waals surface area contributed by atoms with Crippen molar-refractivity contribution in [2.45, 2.75) is 24.4 Å². The fourth-order valence-corrected chi connectivity index (χ4v) is 5.36. The molecule has 0 atom stereocenters. The average molecular weight is 487 g/mol. The maximum atomic E-state index is 4.77. The van der Waals surface area contributed by atoms with E-state index < -0.39 is 0 Å². The Morgan fingerprint density at radius 2 is 1.66 bits per heavy atom. The monoisotopic (exact) mass is 486 g/mol. The number of aromatic nitrogens is 3. The van der Waals surface area contributed by atoms with Gasteiger partial charge in [0.1, 0.15) is 0 Å². The van der Waals surface area contributed by atoms with Gasteiger partial charge in [-0.15, -0.1) is 0 Å². The Balaban J connectivity index is 1.11. The number of nitrogens with one attached hydrogen (secondary N) is 1. The summed E-state index contributed by atoms with van der Waals surface area (Å²) in [4.78, 5) is 20.4. The lowest BCUT2D eigenvalue weighted by Crippen LogP contribution is -2.47. The molecule has 182 valence electrons. The van der Waals surface area contributed by atoms with Crippen molar-refractivity contribution in [2.75, 3.05) is 51.2 Å². The summed E-state index contributed by atoms with van der Waals surface area (Å²) in [6.07, 6.45) is 0. The molecule has 1 aliphatic heterocycles. The molecular weight excluding hydrogens is 452 g/mol. The molecule has 0 bridgehead atoms. The van der Waals surface area contributed by atoms with E-state index in [1.807, 2.05) is 18.2 Å². The number of thioether (sulfide) groups is 1. The lowest BCUT2D eigenvalue weighted by atomic mass is 10.2. The molecule has 1 N–H and O–H groups in total. The predicted octanol–water partition coefficient (Wildman–Crippen LogP) is 4.81. The first kappa shape index (κ1) is 23.9. The molecule has 0 radical (unpaired) electrons.